The first kappa shape index (κ1) is 10.7. The van der Waals surface area contributed by atoms with Crippen LogP contribution in [0.15, 0.2) is 24.9 Å². The minimum atomic E-state index is -4.40. The topological polar surface area (TPSA) is 38.9 Å². The van der Waals surface area contributed by atoms with Gasteiger partial charge in [0.05, 0.1) is 0 Å². The van der Waals surface area contributed by atoms with Crippen molar-refractivity contribution in [3.63, 3.8) is 0 Å². The molecular weight excluding hydrogens is 193 g/mol. The first-order valence-electron chi connectivity index (χ1n) is 3.86. The zero-order valence-electron chi connectivity index (χ0n) is 7.30. The summed E-state index contributed by atoms with van der Waals surface area (Å²) >= 11 is 0. The van der Waals surface area contributed by atoms with Crippen LogP contribution in [0.2, 0.25) is 0 Å². The minimum absolute atomic E-state index is 0.201. The van der Waals surface area contributed by atoms with E-state index in [1.165, 1.54) is 6.07 Å². The SMILES string of the molecule is C=C(CN)c1ccc(C(F)(F)F)nc1. The summed E-state index contributed by atoms with van der Waals surface area (Å²) in [6, 6.07) is 2.22. The van der Waals surface area contributed by atoms with Crippen LogP contribution in [0.5, 0.6) is 0 Å². The Morgan fingerprint density at radius 2 is 2.07 bits per heavy atom. The van der Waals surface area contributed by atoms with Gasteiger partial charge in [0.1, 0.15) is 5.69 Å². The Kier molecular flexibility index (Phi) is 2.90. The Morgan fingerprint density at radius 1 is 1.43 bits per heavy atom. The maximum absolute atomic E-state index is 12.1. The highest BCUT2D eigenvalue weighted by Crippen LogP contribution is 2.27. The zero-order chi connectivity index (χ0) is 10.8. The van der Waals surface area contributed by atoms with Crippen LogP contribution < -0.4 is 5.73 Å². The van der Waals surface area contributed by atoms with Crippen molar-refractivity contribution in [2.24, 2.45) is 5.73 Å². The Labute approximate surface area is 79.3 Å². The van der Waals surface area contributed by atoms with Crippen molar-refractivity contribution >= 4 is 5.57 Å². The summed E-state index contributed by atoms with van der Waals surface area (Å²) in [5.74, 6) is 0. The average Bonchev–Trinajstić information content (AvgIpc) is 2.15. The van der Waals surface area contributed by atoms with Gasteiger partial charge in [-0.05, 0) is 17.2 Å². The van der Waals surface area contributed by atoms with Crippen molar-refractivity contribution in [2.75, 3.05) is 6.54 Å². The van der Waals surface area contributed by atoms with Crippen LogP contribution in [0.3, 0.4) is 0 Å². The molecule has 1 rings (SSSR count). The summed E-state index contributed by atoms with van der Waals surface area (Å²) in [7, 11) is 0. The summed E-state index contributed by atoms with van der Waals surface area (Å²) in [5, 5.41) is 0. The number of nitrogens with two attached hydrogens (primary N) is 1. The molecule has 0 aromatic carbocycles. The van der Waals surface area contributed by atoms with E-state index in [4.69, 9.17) is 5.73 Å². The molecule has 1 aromatic rings. The highest BCUT2D eigenvalue weighted by molar-refractivity contribution is 5.63. The fraction of sp³-hybridized carbons (Fsp3) is 0.222. The highest BCUT2D eigenvalue weighted by atomic mass is 19.4. The van der Waals surface area contributed by atoms with Crippen molar-refractivity contribution in [2.45, 2.75) is 6.18 Å². The van der Waals surface area contributed by atoms with Crippen molar-refractivity contribution < 1.29 is 13.2 Å². The molecule has 5 heteroatoms. The highest BCUT2D eigenvalue weighted by Gasteiger charge is 2.31. The summed E-state index contributed by atoms with van der Waals surface area (Å²) in [6.07, 6.45) is -3.28. The van der Waals surface area contributed by atoms with E-state index in [0.717, 1.165) is 12.3 Å². The number of alkyl halides is 3. The lowest BCUT2D eigenvalue weighted by molar-refractivity contribution is -0.141. The Hall–Kier alpha value is -1.36. The Bertz CT molecular complexity index is 327. The lowest BCUT2D eigenvalue weighted by Crippen LogP contribution is -2.08. The molecule has 0 bridgehead atoms. The summed E-state index contributed by atoms with van der Waals surface area (Å²) in [4.78, 5) is 3.28. The van der Waals surface area contributed by atoms with E-state index in [1.807, 2.05) is 0 Å². The molecule has 0 radical (unpaired) electrons. The van der Waals surface area contributed by atoms with Gasteiger partial charge >= 0.3 is 6.18 Å². The fourth-order valence-corrected chi connectivity index (χ4v) is 0.889. The van der Waals surface area contributed by atoms with Gasteiger partial charge in [0, 0.05) is 12.7 Å². The van der Waals surface area contributed by atoms with E-state index >= 15 is 0 Å². The fourth-order valence-electron chi connectivity index (χ4n) is 0.889. The first-order chi connectivity index (χ1) is 6.45. The largest absolute Gasteiger partial charge is 0.433 e. The number of halogens is 3. The van der Waals surface area contributed by atoms with Crippen molar-refractivity contribution in [1.82, 2.24) is 4.98 Å². The normalized spacial score (nSPS) is 11.4. The predicted octanol–water partition coefficient (Wildman–Crippen LogP) is 2.07. The quantitative estimate of drug-likeness (QED) is 0.797. The average molecular weight is 202 g/mol. The second-order valence-electron chi connectivity index (χ2n) is 2.74. The lowest BCUT2D eigenvalue weighted by atomic mass is 10.1. The third-order valence-corrected chi connectivity index (χ3v) is 1.71. The van der Waals surface area contributed by atoms with Crippen molar-refractivity contribution in [1.29, 1.82) is 0 Å². The molecule has 0 atom stereocenters. The number of aromatic nitrogens is 1. The predicted molar refractivity (Wildman–Crippen MR) is 47.3 cm³/mol. The molecule has 0 aliphatic heterocycles. The van der Waals surface area contributed by atoms with Gasteiger partial charge in [0.2, 0.25) is 0 Å². The molecule has 0 unspecified atom stereocenters. The summed E-state index contributed by atoms with van der Waals surface area (Å²) in [6.45, 7) is 3.79. The van der Waals surface area contributed by atoms with Crippen LogP contribution in [0.25, 0.3) is 5.57 Å². The van der Waals surface area contributed by atoms with E-state index in [1.54, 1.807) is 0 Å². The van der Waals surface area contributed by atoms with Crippen LogP contribution in [0.1, 0.15) is 11.3 Å². The van der Waals surface area contributed by atoms with Gasteiger partial charge < -0.3 is 5.73 Å². The molecule has 0 saturated heterocycles. The number of nitrogens with zero attached hydrogens (tertiary/aromatic N) is 1. The standard InChI is InChI=1S/C9H9F3N2/c1-6(4-13)7-2-3-8(14-5-7)9(10,11)12/h2-3,5H,1,4,13H2. The third kappa shape index (κ3) is 2.32. The van der Waals surface area contributed by atoms with Gasteiger partial charge in [-0.3, -0.25) is 4.98 Å². The van der Waals surface area contributed by atoms with E-state index in [2.05, 4.69) is 11.6 Å². The zero-order valence-corrected chi connectivity index (χ0v) is 7.30. The first-order valence-corrected chi connectivity index (χ1v) is 3.86. The Morgan fingerprint density at radius 3 is 2.43 bits per heavy atom. The number of rotatable bonds is 2. The molecule has 76 valence electrons. The molecule has 0 aliphatic rings. The van der Waals surface area contributed by atoms with E-state index in [9.17, 15) is 13.2 Å². The molecule has 14 heavy (non-hydrogen) atoms. The molecule has 2 nitrogen and oxygen atoms in total. The van der Waals surface area contributed by atoms with Gasteiger partial charge in [0.15, 0.2) is 0 Å². The summed E-state index contributed by atoms with van der Waals surface area (Å²) < 4.78 is 36.3. The molecule has 0 spiro atoms. The van der Waals surface area contributed by atoms with Crippen molar-refractivity contribution in [3.05, 3.63) is 36.2 Å². The maximum Gasteiger partial charge on any atom is 0.433 e. The lowest BCUT2D eigenvalue weighted by Gasteiger charge is -2.06. The van der Waals surface area contributed by atoms with Gasteiger partial charge in [-0.25, -0.2) is 0 Å². The maximum atomic E-state index is 12.1. The van der Waals surface area contributed by atoms with Gasteiger partial charge in [-0.2, -0.15) is 13.2 Å². The van der Waals surface area contributed by atoms with Gasteiger partial charge in [-0.1, -0.05) is 12.6 Å². The van der Waals surface area contributed by atoms with Crippen LogP contribution in [0, 0.1) is 0 Å². The smallest absolute Gasteiger partial charge is 0.326 e. The third-order valence-electron chi connectivity index (χ3n) is 1.71. The summed E-state index contributed by atoms with van der Waals surface area (Å²) in [5.41, 5.74) is 5.46. The molecule has 0 aliphatic carbocycles. The molecular formula is C9H9F3N2. The molecule has 0 saturated carbocycles. The number of hydrogen-bond donors (Lipinski definition) is 1. The monoisotopic (exact) mass is 202 g/mol. The van der Waals surface area contributed by atoms with E-state index in [-0.39, 0.29) is 6.54 Å². The van der Waals surface area contributed by atoms with Gasteiger partial charge in [0.25, 0.3) is 0 Å². The number of pyridine rings is 1. The molecule has 1 aromatic heterocycles. The van der Waals surface area contributed by atoms with Crippen molar-refractivity contribution in [3.8, 4) is 0 Å². The van der Waals surface area contributed by atoms with Crippen LogP contribution in [0.4, 0.5) is 13.2 Å². The molecule has 1 heterocycles. The van der Waals surface area contributed by atoms with E-state index < -0.39 is 11.9 Å². The second kappa shape index (κ2) is 3.79. The minimum Gasteiger partial charge on any atom is -0.326 e. The van der Waals surface area contributed by atoms with Gasteiger partial charge in [-0.15, -0.1) is 0 Å². The molecule has 0 fully saturated rings. The van der Waals surface area contributed by atoms with E-state index in [0.29, 0.717) is 11.1 Å². The second-order valence-corrected chi connectivity index (χ2v) is 2.74. The van der Waals surface area contributed by atoms with Crippen LogP contribution in [-0.4, -0.2) is 11.5 Å². The van der Waals surface area contributed by atoms with Crippen LogP contribution in [-0.2, 0) is 6.18 Å². The Balaban J connectivity index is 2.95. The van der Waals surface area contributed by atoms with Crippen LogP contribution >= 0.6 is 0 Å². The molecule has 2 N–H and O–H groups in total. The molecule has 0 amide bonds. The number of hydrogen-bond acceptors (Lipinski definition) is 2.